The molecule has 0 saturated carbocycles. The number of fused-ring (bicyclic) bond motifs is 6. The van der Waals surface area contributed by atoms with Crippen LogP contribution in [0.15, 0.2) is 29.4 Å². The molecule has 0 radical (unpaired) electrons. The van der Waals surface area contributed by atoms with Gasteiger partial charge in [0.2, 0.25) is 11.6 Å². The maximum Gasteiger partial charge on any atom is 0.208 e. The second-order valence-corrected chi connectivity index (χ2v) is 15.9. The number of hydrogen-bond acceptors (Lipinski definition) is 11. The average molecular weight is 764 g/mol. The summed E-state index contributed by atoms with van der Waals surface area (Å²) in [7, 11) is 3.38. The van der Waals surface area contributed by atoms with Crippen molar-refractivity contribution in [2.75, 3.05) is 20.8 Å². The van der Waals surface area contributed by atoms with Crippen molar-refractivity contribution in [3.8, 4) is 57.3 Å². The first-order chi connectivity index (χ1) is 26.8. The molecule has 0 fully saturated rings. The second-order valence-electron chi connectivity index (χ2n) is 15.9. The van der Waals surface area contributed by atoms with E-state index in [2.05, 4.69) is 124 Å². The number of nitrogens with one attached hydrogen (secondary N) is 2. The van der Waals surface area contributed by atoms with Crippen molar-refractivity contribution in [1.82, 2.24) is 41.2 Å². The van der Waals surface area contributed by atoms with Crippen molar-refractivity contribution in [2.24, 2.45) is 5.11 Å². The molecule has 0 bridgehead atoms. The normalized spacial score (nSPS) is 17.3. The van der Waals surface area contributed by atoms with Crippen molar-refractivity contribution < 1.29 is 18.9 Å². The van der Waals surface area contributed by atoms with Crippen LogP contribution >= 0.6 is 0 Å². The van der Waals surface area contributed by atoms with Crippen LogP contribution in [0.5, 0.6) is 34.5 Å². The van der Waals surface area contributed by atoms with E-state index in [0.29, 0.717) is 52.3 Å². The molecule has 0 saturated heterocycles. The van der Waals surface area contributed by atoms with Gasteiger partial charge in [0.05, 0.1) is 25.3 Å². The van der Waals surface area contributed by atoms with Crippen molar-refractivity contribution in [1.29, 1.82) is 0 Å². The molecule has 2 aromatic heterocycles. The third-order valence-electron chi connectivity index (χ3n) is 11.3. The third-order valence-corrected chi connectivity index (χ3v) is 11.3. The van der Waals surface area contributed by atoms with Crippen LogP contribution in [0.4, 0.5) is 0 Å². The van der Waals surface area contributed by atoms with Gasteiger partial charge in [0.25, 0.3) is 0 Å². The van der Waals surface area contributed by atoms with E-state index in [0.717, 1.165) is 48.3 Å². The van der Waals surface area contributed by atoms with Crippen LogP contribution in [0.25, 0.3) is 33.2 Å². The highest BCUT2D eigenvalue weighted by molar-refractivity contribution is 5.86. The Kier molecular flexibility index (Phi) is 11.3. The maximum atomic E-state index is 7.75. The number of benzene rings is 3. The highest BCUT2D eigenvalue weighted by Gasteiger charge is 2.57. The van der Waals surface area contributed by atoms with E-state index in [9.17, 15) is 0 Å². The first-order valence-corrected chi connectivity index (χ1v) is 19.3. The van der Waals surface area contributed by atoms with Crippen molar-refractivity contribution in [2.45, 2.75) is 117 Å². The second kappa shape index (κ2) is 15.8. The Labute approximate surface area is 327 Å². The molecular weight excluding hydrogens is 711 g/mol. The summed E-state index contributed by atoms with van der Waals surface area (Å²) in [4.78, 5) is 2.60. The largest absolute Gasteiger partial charge is 0.493 e. The number of tetrazole rings is 2. The molecule has 3 aromatic carbocycles. The van der Waals surface area contributed by atoms with E-state index in [-0.39, 0.29) is 16.2 Å². The van der Waals surface area contributed by atoms with Crippen molar-refractivity contribution in [3.63, 3.8) is 0 Å². The molecule has 0 amide bonds. The molecule has 2 N–H and O–H groups in total. The van der Waals surface area contributed by atoms with Crippen LogP contribution in [0.3, 0.4) is 0 Å². The molecule has 3 aliphatic rings. The summed E-state index contributed by atoms with van der Waals surface area (Å²) in [6, 6.07) is 8.66. The fraction of sp³-hybridized carbons (Fsp3) is 0.512. The molecule has 5 aromatic rings. The number of hydrogen-bond donors (Lipinski definition) is 2. The highest BCUT2D eigenvalue weighted by Crippen LogP contribution is 2.66. The van der Waals surface area contributed by atoms with Gasteiger partial charge in [-0.1, -0.05) is 72.8 Å². The smallest absolute Gasteiger partial charge is 0.208 e. The minimum Gasteiger partial charge on any atom is -0.493 e. The number of azide groups is 1. The fourth-order valence-electron chi connectivity index (χ4n) is 8.50. The maximum absolute atomic E-state index is 7.75. The first kappa shape index (κ1) is 40.0. The summed E-state index contributed by atoms with van der Waals surface area (Å²) in [5.41, 5.74) is 15.5. The number of H-pyrrole nitrogens is 2. The van der Waals surface area contributed by atoms with Gasteiger partial charge in [-0.3, -0.25) is 0 Å². The van der Waals surface area contributed by atoms with Gasteiger partial charge in [0, 0.05) is 16.9 Å². The molecule has 296 valence electrons. The topological polar surface area (TPSA) is 195 Å². The van der Waals surface area contributed by atoms with Crippen LogP contribution in [0, 0.1) is 13.8 Å². The first-order valence-electron chi connectivity index (χ1n) is 19.3. The number of aromatic amines is 2. The molecule has 8 rings (SSSR count). The molecule has 1 spiro atoms. The molecule has 1 unspecified atom stereocenters. The summed E-state index contributed by atoms with van der Waals surface area (Å²) < 4.78 is 25.2. The zero-order valence-corrected chi connectivity index (χ0v) is 34.4. The Balaban J connectivity index is 0.000000428. The molecule has 3 heterocycles. The van der Waals surface area contributed by atoms with E-state index in [1.54, 1.807) is 14.2 Å². The fourth-order valence-corrected chi connectivity index (χ4v) is 8.50. The Morgan fingerprint density at radius 2 is 1.16 bits per heavy atom. The molecule has 2 aliphatic carbocycles. The minimum absolute atomic E-state index is 0.0909. The summed E-state index contributed by atoms with van der Waals surface area (Å²) in [5.74, 6) is 4.52. The van der Waals surface area contributed by atoms with Crippen LogP contribution in [-0.2, 0) is 16.2 Å². The minimum atomic E-state index is -0.259. The molecule has 56 heavy (non-hydrogen) atoms. The van der Waals surface area contributed by atoms with Gasteiger partial charge < -0.3 is 18.9 Å². The summed E-state index contributed by atoms with van der Waals surface area (Å²) in [6.07, 6.45) is 6.60. The molecule has 1 aliphatic heterocycles. The summed E-state index contributed by atoms with van der Waals surface area (Å²) in [5, 5.41) is 33.3. The van der Waals surface area contributed by atoms with Crippen LogP contribution < -0.4 is 18.9 Å². The lowest BCUT2D eigenvalue weighted by molar-refractivity contribution is 0.347. The number of rotatable bonds is 8. The number of ether oxygens (including phenoxy) is 4. The predicted molar refractivity (Wildman–Crippen MR) is 214 cm³/mol. The van der Waals surface area contributed by atoms with Gasteiger partial charge in [-0.15, -0.1) is 20.4 Å². The number of unbranched alkanes of at least 4 members (excludes halogenated alkanes) is 2. The van der Waals surface area contributed by atoms with E-state index in [4.69, 9.17) is 24.5 Å². The average Bonchev–Trinajstić information content (AvgIpc) is 3.99. The van der Waals surface area contributed by atoms with Gasteiger partial charge in [-0.25, -0.2) is 0 Å². The Bertz CT molecular complexity index is 2240. The van der Waals surface area contributed by atoms with Crippen LogP contribution in [0.2, 0.25) is 0 Å². The van der Waals surface area contributed by atoms with Crippen LogP contribution in [0.1, 0.15) is 120 Å². The molecule has 15 nitrogen and oxygen atoms in total. The Hall–Kier alpha value is -5.69. The Morgan fingerprint density at radius 3 is 1.57 bits per heavy atom. The monoisotopic (exact) mass is 763 g/mol. The van der Waals surface area contributed by atoms with Gasteiger partial charge in [0.15, 0.2) is 34.5 Å². The zero-order valence-electron chi connectivity index (χ0n) is 34.4. The number of nitrogens with zero attached hydrogens (tertiary/aromatic N) is 9. The van der Waals surface area contributed by atoms with Gasteiger partial charge in [-0.05, 0) is 118 Å². The third kappa shape index (κ3) is 6.89. The van der Waals surface area contributed by atoms with Gasteiger partial charge in [0.1, 0.15) is 0 Å². The lowest BCUT2D eigenvalue weighted by atomic mass is 9.72. The van der Waals surface area contributed by atoms with Gasteiger partial charge in [-0.2, -0.15) is 10.4 Å². The highest BCUT2D eigenvalue weighted by atomic mass is 16.6. The van der Waals surface area contributed by atoms with E-state index in [1.807, 2.05) is 13.8 Å². The number of methoxy groups -OCH3 is 2. The lowest BCUT2D eigenvalue weighted by Gasteiger charge is -2.31. The van der Waals surface area contributed by atoms with E-state index >= 15 is 0 Å². The van der Waals surface area contributed by atoms with Crippen LogP contribution in [-0.4, -0.2) is 62.0 Å². The zero-order chi connectivity index (χ0) is 40.4. The number of aromatic nitrogens is 8. The molecular formula is C41H53N11O4. The quantitative estimate of drug-likeness (QED) is 0.0651. The standard InChI is InChI=1S/C33H34N8O4.C4H9N3.C4H10/c1-15-16(2)26(30-36-40-41-37-30)28-27(25(15)29-34-38-39-35-29)44-23-10-18-20(12-24(23)45-28)33(14-32(18,5)6)13-31(3,4)17-9-21(42-7)22(43-8)11-19(17)33;1-2-3-4-6-7-5;1-3-4-2/h9-12H,13-14H2,1-8H3,(H,34,35,38,39)(H,36,37,40,41);2-4H2,1H3;3-4H2,1-2H3. The lowest BCUT2D eigenvalue weighted by Crippen LogP contribution is -2.27. The van der Waals surface area contributed by atoms with E-state index in [1.165, 1.54) is 35.1 Å². The summed E-state index contributed by atoms with van der Waals surface area (Å²) >= 11 is 0. The molecule has 1 atom stereocenters. The van der Waals surface area contributed by atoms with Crippen molar-refractivity contribution in [3.05, 3.63) is 68.1 Å². The molecule has 15 heteroatoms. The van der Waals surface area contributed by atoms with Gasteiger partial charge >= 0.3 is 0 Å². The van der Waals surface area contributed by atoms with Crippen molar-refractivity contribution >= 4 is 0 Å². The predicted octanol–water partition coefficient (Wildman–Crippen LogP) is 10.1. The Morgan fingerprint density at radius 1 is 0.714 bits per heavy atom. The SMILES string of the molecule is CCCC.CCCCN=[N+]=[N-].COc1cc2c(cc1OC)C1(CC2(C)C)CC(C)(C)c2cc3c(cc21)Oc1c(c(-c2nn[nH]n2)c(C)c(C)c1-c1nn[nH]n1)O3. The van der Waals surface area contributed by atoms with E-state index < -0.39 is 0 Å². The summed E-state index contributed by atoms with van der Waals surface area (Å²) in [6.45, 7) is 20.3.